The van der Waals surface area contributed by atoms with Crippen molar-refractivity contribution in [1.29, 1.82) is 0 Å². The number of amides is 1. The van der Waals surface area contributed by atoms with Crippen molar-refractivity contribution in [2.24, 2.45) is 5.92 Å². The van der Waals surface area contributed by atoms with E-state index in [-0.39, 0.29) is 10.9 Å². The quantitative estimate of drug-likeness (QED) is 0.486. The van der Waals surface area contributed by atoms with Crippen LogP contribution in [0.2, 0.25) is 0 Å². The van der Waals surface area contributed by atoms with Gasteiger partial charge < -0.3 is 4.90 Å². The van der Waals surface area contributed by atoms with E-state index in [1.807, 2.05) is 4.90 Å². The second-order valence-electron chi connectivity index (χ2n) is 4.80. The number of rotatable bonds is 3. The number of thiophene rings is 1. The fraction of sp³-hybridized carbons (Fsp3) is 0.462. The van der Waals surface area contributed by atoms with Gasteiger partial charge in [-0.1, -0.05) is 18.3 Å². The minimum atomic E-state index is -0.420. The predicted octanol–water partition coefficient (Wildman–Crippen LogP) is 2.93. The molecule has 1 unspecified atom stereocenters. The molecule has 1 fully saturated rings. The maximum Gasteiger partial charge on any atom is 0.324 e. The van der Waals surface area contributed by atoms with Crippen molar-refractivity contribution in [3.8, 4) is 0 Å². The molecule has 5 nitrogen and oxygen atoms in total. The fourth-order valence-corrected chi connectivity index (χ4v) is 2.90. The highest BCUT2D eigenvalue weighted by atomic mass is 32.1. The van der Waals surface area contributed by atoms with E-state index < -0.39 is 4.92 Å². The summed E-state index contributed by atoms with van der Waals surface area (Å²) in [6.07, 6.45) is 5.38. The van der Waals surface area contributed by atoms with Gasteiger partial charge in [0.1, 0.15) is 0 Å². The number of hydrogen-bond donors (Lipinski definition) is 0. The number of hydrogen-bond acceptors (Lipinski definition) is 4. The van der Waals surface area contributed by atoms with Gasteiger partial charge in [0.15, 0.2) is 0 Å². The summed E-state index contributed by atoms with van der Waals surface area (Å²) in [7, 11) is 0. The van der Waals surface area contributed by atoms with E-state index in [4.69, 9.17) is 0 Å². The molecule has 0 aliphatic carbocycles. The van der Waals surface area contributed by atoms with Crippen LogP contribution >= 0.6 is 11.3 Å². The van der Waals surface area contributed by atoms with Crippen LogP contribution in [0.4, 0.5) is 5.00 Å². The molecule has 1 saturated heterocycles. The first-order valence-corrected chi connectivity index (χ1v) is 7.09. The summed E-state index contributed by atoms with van der Waals surface area (Å²) in [4.78, 5) is 24.7. The SMILES string of the molecule is CC1CCCN(C(=O)/C=C/c2ccc([N+](=O)[O-])s2)C1. The topological polar surface area (TPSA) is 63.5 Å². The molecule has 2 rings (SSSR count). The van der Waals surface area contributed by atoms with Gasteiger partial charge in [0, 0.05) is 30.1 Å². The van der Waals surface area contributed by atoms with Gasteiger partial charge >= 0.3 is 5.00 Å². The van der Waals surface area contributed by atoms with E-state index in [2.05, 4.69) is 6.92 Å². The molecule has 0 bridgehead atoms. The lowest BCUT2D eigenvalue weighted by atomic mass is 10.0. The smallest absolute Gasteiger partial charge is 0.324 e. The average Bonchev–Trinajstić information content (AvgIpc) is 2.85. The van der Waals surface area contributed by atoms with Crippen molar-refractivity contribution in [3.63, 3.8) is 0 Å². The summed E-state index contributed by atoms with van der Waals surface area (Å²) in [6.45, 7) is 3.75. The molecule has 1 aliphatic rings. The van der Waals surface area contributed by atoms with E-state index in [1.54, 1.807) is 12.1 Å². The lowest BCUT2D eigenvalue weighted by Gasteiger charge is -2.30. The Morgan fingerprint density at radius 3 is 3.00 bits per heavy atom. The molecule has 19 heavy (non-hydrogen) atoms. The van der Waals surface area contributed by atoms with Gasteiger partial charge in [-0.15, -0.1) is 0 Å². The molecule has 0 aromatic carbocycles. The highest BCUT2D eigenvalue weighted by Gasteiger charge is 2.19. The zero-order valence-electron chi connectivity index (χ0n) is 10.7. The van der Waals surface area contributed by atoms with Gasteiger partial charge in [0.2, 0.25) is 5.91 Å². The molecule has 1 aromatic rings. The van der Waals surface area contributed by atoms with Crippen LogP contribution in [0, 0.1) is 16.0 Å². The standard InChI is InChI=1S/C13H16N2O3S/c1-10-3-2-8-14(9-10)12(16)6-4-11-5-7-13(19-11)15(17)18/h4-7,10H,2-3,8-9H2,1H3/b6-4+. The van der Waals surface area contributed by atoms with E-state index in [0.717, 1.165) is 35.7 Å². The Bertz CT molecular complexity index is 510. The highest BCUT2D eigenvalue weighted by molar-refractivity contribution is 7.16. The molecule has 0 N–H and O–H groups in total. The van der Waals surface area contributed by atoms with E-state index in [1.165, 1.54) is 18.6 Å². The Kier molecular flexibility index (Phi) is 4.31. The third kappa shape index (κ3) is 3.64. The summed E-state index contributed by atoms with van der Waals surface area (Å²) >= 11 is 1.07. The van der Waals surface area contributed by atoms with Crippen LogP contribution in [-0.2, 0) is 4.79 Å². The van der Waals surface area contributed by atoms with Crippen LogP contribution in [0.25, 0.3) is 6.08 Å². The molecule has 0 saturated carbocycles. The van der Waals surface area contributed by atoms with Gasteiger partial charge in [-0.3, -0.25) is 14.9 Å². The maximum absolute atomic E-state index is 12.0. The van der Waals surface area contributed by atoms with Crippen LogP contribution in [0.1, 0.15) is 24.6 Å². The molecule has 1 aromatic heterocycles. The van der Waals surface area contributed by atoms with Crippen LogP contribution in [-0.4, -0.2) is 28.8 Å². The number of nitro groups is 1. The molecule has 102 valence electrons. The van der Waals surface area contributed by atoms with Crippen molar-refractivity contribution in [3.05, 3.63) is 33.2 Å². The van der Waals surface area contributed by atoms with E-state index in [0.29, 0.717) is 5.92 Å². The Morgan fingerprint density at radius 2 is 2.37 bits per heavy atom. The van der Waals surface area contributed by atoms with Gasteiger partial charge in [-0.05, 0) is 30.9 Å². The first-order chi connectivity index (χ1) is 9.06. The van der Waals surface area contributed by atoms with Gasteiger partial charge in [-0.25, -0.2) is 0 Å². The molecule has 0 radical (unpaired) electrons. The largest absolute Gasteiger partial charge is 0.339 e. The third-order valence-corrected chi connectivity index (χ3v) is 4.15. The first kappa shape index (κ1) is 13.7. The van der Waals surface area contributed by atoms with Crippen molar-refractivity contribution >= 4 is 28.3 Å². The minimum Gasteiger partial charge on any atom is -0.339 e. The molecule has 1 aliphatic heterocycles. The Labute approximate surface area is 115 Å². The van der Waals surface area contributed by atoms with Crippen LogP contribution in [0.5, 0.6) is 0 Å². The second-order valence-corrected chi connectivity index (χ2v) is 5.89. The molecular weight excluding hydrogens is 264 g/mol. The maximum atomic E-state index is 12.0. The lowest BCUT2D eigenvalue weighted by molar-refractivity contribution is -0.380. The molecule has 1 amide bonds. The number of likely N-dealkylation sites (tertiary alicyclic amines) is 1. The molecule has 1 atom stereocenters. The van der Waals surface area contributed by atoms with Crippen molar-refractivity contribution < 1.29 is 9.72 Å². The molecule has 0 spiro atoms. The Morgan fingerprint density at radius 1 is 1.58 bits per heavy atom. The summed E-state index contributed by atoms with van der Waals surface area (Å²) in [5, 5.41) is 10.6. The Balaban J connectivity index is 1.97. The van der Waals surface area contributed by atoms with Gasteiger partial charge in [-0.2, -0.15) is 0 Å². The van der Waals surface area contributed by atoms with E-state index in [9.17, 15) is 14.9 Å². The second kappa shape index (κ2) is 5.97. The Hall–Kier alpha value is -1.69. The number of carbonyl (C=O) groups excluding carboxylic acids is 1. The zero-order valence-corrected chi connectivity index (χ0v) is 11.6. The molecule has 6 heteroatoms. The van der Waals surface area contributed by atoms with Crippen molar-refractivity contribution in [2.75, 3.05) is 13.1 Å². The lowest BCUT2D eigenvalue weighted by Crippen LogP contribution is -2.38. The zero-order chi connectivity index (χ0) is 13.8. The third-order valence-electron chi connectivity index (χ3n) is 3.15. The highest BCUT2D eigenvalue weighted by Crippen LogP contribution is 2.25. The predicted molar refractivity (Wildman–Crippen MR) is 75.0 cm³/mol. The van der Waals surface area contributed by atoms with Crippen LogP contribution in [0.3, 0.4) is 0 Å². The minimum absolute atomic E-state index is 0.0115. The molecular formula is C13H16N2O3S. The number of piperidine rings is 1. The molecule has 2 heterocycles. The normalized spacial score (nSPS) is 19.8. The van der Waals surface area contributed by atoms with Gasteiger partial charge in [0.25, 0.3) is 0 Å². The average molecular weight is 280 g/mol. The summed E-state index contributed by atoms with van der Waals surface area (Å²) in [5.74, 6) is 0.538. The number of nitrogens with zero attached hydrogens (tertiary/aromatic N) is 2. The van der Waals surface area contributed by atoms with Gasteiger partial charge in [0.05, 0.1) is 4.92 Å². The van der Waals surface area contributed by atoms with Crippen molar-refractivity contribution in [1.82, 2.24) is 4.90 Å². The van der Waals surface area contributed by atoms with Crippen LogP contribution < -0.4 is 0 Å². The van der Waals surface area contributed by atoms with Crippen LogP contribution in [0.15, 0.2) is 18.2 Å². The summed E-state index contributed by atoms with van der Waals surface area (Å²) in [5.41, 5.74) is 0. The van der Waals surface area contributed by atoms with Crippen molar-refractivity contribution in [2.45, 2.75) is 19.8 Å². The fourth-order valence-electron chi connectivity index (χ4n) is 2.18. The number of carbonyl (C=O) groups is 1. The monoisotopic (exact) mass is 280 g/mol. The first-order valence-electron chi connectivity index (χ1n) is 6.27. The summed E-state index contributed by atoms with van der Waals surface area (Å²) in [6, 6.07) is 3.11. The van der Waals surface area contributed by atoms with E-state index >= 15 is 0 Å². The summed E-state index contributed by atoms with van der Waals surface area (Å²) < 4.78 is 0.